The van der Waals surface area contributed by atoms with Crippen LogP contribution < -0.4 is 10.5 Å². The first-order chi connectivity index (χ1) is 8.93. The number of ether oxygens (including phenoxy) is 2. The van der Waals surface area contributed by atoms with Crippen molar-refractivity contribution in [2.45, 2.75) is 19.4 Å². The second kappa shape index (κ2) is 5.09. The lowest BCUT2D eigenvalue weighted by molar-refractivity contribution is -0.0764. The summed E-state index contributed by atoms with van der Waals surface area (Å²) >= 11 is 0. The molecule has 5 nitrogen and oxygen atoms in total. The molecule has 19 heavy (non-hydrogen) atoms. The highest BCUT2D eigenvalue weighted by Gasteiger charge is 2.31. The smallest absolute Gasteiger partial charge is 0.257 e. The summed E-state index contributed by atoms with van der Waals surface area (Å²) in [7, 11) is 1.55. The Bertz CT molecular complexity index is 486. The molecule has 0 spiro atoms. The maximum atomic E-state index is 12.6. The van der Waals surface area contributed by atoms with E-state index in [0.29, 0.717) is 36.7 Å². The van der Waals surface area contributed by atoms with Gasteiger partial charge in [0.2, 0.25) is 0 Å². The zero-order valence-electron chi connectivity index (χ0n) is 11.6. The molecule has 0 saturated carbocycles. The number of nitrogens with zero attached hydrogens (tertiary/aromatic N) is 1. The van der Waals surface area contributed by atoms with Gasteiger partial charge in [0.15, 0.2) is 0 Å². The SMILES string of the molecule is COc1ccc(N)cc1C(=O)N1CCOC(C)(C)C1. The van der Waals surface area contributed by atoms with Gasteiger partial charge in [-0.2, -0.15) is 0 Å². The van der Waals surface area contributed by atoms with Crippen LogP contribution in [0.15, 0.2) is 18.2 Å². The first-order valence-electron chi connectivity index (χ1n) is 6.30. The Labute approximate surface area is 113 Å². The third-order valence-electron chi connectivity index (χ3n) is 3.17. The minimum absolute atomic E-state index is 0.0690. The zero-order valence-corrected chi connectivity index (χ0v) is 11.6. The number of morpholine rings is 1. The highest BCUT2D eigenvalue weighted by Crippen LogP contribution is 2.25. The van der Waals surface area contributed by atoms with Crippen molar-refractivity contribution >= 4 is 11.6 Å². The molecule has 2 rings (SSSR count). The number of nitrogen functional groups attached to an aromatic ring is 1. The molecule has 1 aromatic rings. The number of methoxy groups -OCH3 is 1. The molecule has 5 heteroatoms. The Morgan fingerprint density at radius 3 is 2.84 bits per heavy atom. The molecule has 0 aromatic heterocycles. The summed E-state index contributed by atoms with van der Waals surface area (Å²) in [5.74, 6) is 0.476. The van der Waals surface area contributed by atoms with Crippen LogP contribution in [0.5, 0.6) is 5.75 Å². The molecule has 1 saturated heterocycles. The predicted molar refractivity (Wildman–Crippen MR) is 73.3 cm³/mol. The van der Waals surface area contributed by atoms with Gasteiger partial charge in [0.1, 0.15) is 5.75 Å². The van der Waals surface area contributed by atoms with Crippen LogP contribution in [-0.4, -0.2) is 43.2 Å². The van der Waals surface area contributed by atoms with E-state index in [1.807, 2.05) is 13.8 Å². The topological polar surface area (TPSA) is 64.8 Å². The fourth-order valence-corrected chi connectivity index (χ4v) is 2.25. The molecule has 0 unspecified atom stereocenters. The molecule has 1 aliphatic rings. The first-order valence-corrected chi connectivity index (χ1v) is 6.30. The molecule has 1 fully saturated rings. The van der Waals surface area contributed by atoms with Crippen LogP contribution in [0.2, 0.25) is 0 Å². The predicted octanol–water partition coefficient (Wildman–Crippen LogP) is 1.53. The molecule has 0 atom stereocenters. The van der Waals surface area contributed by atoms with Gasteiger partial charge in [-0.05, 0) is 32.0 Å². The maximum Gasteiger partial charge on any atom is 0.257 e. The van der Waals surface area contributed by atoms with E-state index in [1.54, 1.807) is 30.2 Å². The van der Waals surface area contributed by atoms with E-state index < -0.39 is 0 Å². The second-order valence-corrected chi connectivity index (χ2v) is 5.29. The van der Waals surface area contributed by atoms with Crippen LogP contribution in [0.25, 0.3) is 0 Å². The molecule has 1 aromatic carbocycles. The normalized spacial score (nSPS) is 18.2. The molecular formula is C14H20N2O3. The van der Waals surface area contributed by atoms with Crippen LogP contribution in [0.4, 0.5) is 5.69 Å². The van der Waals surface area contributed by atoms with E-state index in [2.05, 4.69) is 0 Å². The fourth-order valence-electron chi connectivity index (χ4n) is 2.25. The lowest BCUT2D eigenvalue weighted by Gasteiger charge is -2.38. The Hall–Kier alpha value is -1.75. The van der Waals surface area contributed by atoms with E-state index in [0.717, 1.165) is 0 Å². The Kier molecular flexibility index (Phi) is 3.66. The molecule has 2 N–H and O–H groups in total. The lowest BCUT2D eigenvalue weighted by Crippen LogP contribution is -2.50. The van der Waals surface area contributed by atoms with Crippen molar-refractivity contribution in [2.24, 2.45) is 0 Å². The van der Waals surface area contributed by atoms with Crippen LogP contribution in [0.3, 0.4) is 0 Å². The van der Waals surface area contributed by atoms with Crippen LogP contribution in [0, 0.1) is 0 Å². The van der Waals surface area contributed by atoms with Gasteiger partial charge in [0.25, 0.3) is 5.91 Å². The van der Waals surface area contributed by atoms with Crippen molar-refractivity contribution in [2.75, 3.05) is 32.5 Å². The summed E-state index contributed by atoms with van der Waals surface area (Å²) in [4.78, 5) is 14.3. The highest BCUT2D eigenvalue weighted by atomic mass is 16.5. The van der Waals surface area contributed by atoms with E-state index in [9.17, 15) is 4.79 Å². The number of hydrogen-bond acceptors (Lipinski definition) is 4. The minimum atomic E-state index is -0.318. The Balaban J connectivity index is 2.26. The highest BCUT2D eigenvalue weighted by molar-refractivity contribution is 5.98. The summed E-state index contributed by atoms with van der Waals surface area (Å²) in [6.07, 6.45) is 0. The standard InChI is InChI=1S/C14H20N2O3/c1-14(2)9-16(6-7-19-14)13(17)11-8-10(15)4-5-12(11)18-3/h4-5,8H,6-7,9,15H2,1-3H3. The van der Waals surface area contributed by atoms with Crippen molar-refractivity contribution in [1.82, 2.24) is 4.90 Å². The van der Waals surface area contributed by atoms with Crippen LogP contribution in [0.1, 0.15) is 24.2 Å². The number of anilines is 1. The Morgan fingerprint density at radius 2 is 2.21 bits per heavy atom. The van der Waals surface area contributed by atoms with Gasteiger partial charge in [-0.15, -0.1) is 0 Å². The van der Waals surface area contributed by atoms with E-state index >= 15 is 0 Å². The van der Waals surface area contributed by atoms with Crippen molar-refractivity contribution in [3.05, 3.63) is 23.8 Å². The zero-order chi connectivity index (χ0) is 14.0. The quantitative estimate of drug-likeness (QED) is 0.823. The number of benzene rings is 1. The van der Waals surface area contributed by atoms with E-state index in [-0.39, 0.29) is 11.5 Å². The molecule has 0 bridgehead atoms. The number of amides is 1. The largest absolute Gasteiger partial charge is 0.496 e. The summed E-state index contributed by atoms with van der Waals surface area (Å²) < 4.78 is 10.8. The number of rotatable bonds is 2. The van der Waals surface area contributed by atoms with Gasteiger partial charge in [-0.3, -0.25) is 4.79 Å². The van der Waals surface area contributed by atoms with E-state index in [4.69, 9.17) is 15.2 Å². The molecule has 0 aliphatic carbocycles. The third-order valence-corrected chi connectivity index (χ3v) is 3.17. The molecule has 1 amide bonds. The number of carbonyl (C=O) groups is 1. The average Bonchev–Trinajstić information content (AvgIpc) is 2.36. The third kappa shape index (κ3) is 2.98. The van der Waals surface area contributed by atoms with Gasteiger partial charge in [0, 0.05) is 18.8 Å². The van der Waals surface area contributed by atoms with Crippen molar-refractivity contribution in [3.8, 4) is 5.75 Å². The first kappa shape index (κ1) is 13.7. The number of hydrogen-bond donors (Lipinski definition) is 1. The summed E-state index contributed by atoms with van der Waals surface area (Å²) in [5.41, 5.74) is 6.49. The maximum absolute atomic E-state index is 12.6. The molecule has 0 radical (unpaired) electrons. The number of nitrogens with two attached hydrogens (primary N) is 1. The van der Waals surface area contributed by atoms with E-state index in [1.165, 1.54) is 0 Å². The summed E-state index contributed by atoms with van der Waals surface area (Å²) in [6.45, 7) is 5.64. The minimum Gasteiger partial charge on any atom is -0.496 e. The fraction of sp³-hybridized carbons (Fsp3) is 0.500. The van der Waals surface area contributed by atoms with Gasteiger partial charge >= 0.3 is 0 Å². The summed E-state index contributed by atoms with van der Waals surface area (Å²) in [6, 6.07) is 5.09. The van der Waals surface area contributed by atoms with Crippen LogP contribution in [-0.2, 0) is 4.74 Å². The van der Waals surface area contributed by atoms with Crippen molar-refractivity contribution in [1.29, 1.82) is 0 Å². The van der Waals surface area contributed by atoms with Gasteiger partial charge in [0.05, 0.1) is 24.9 Å². The molecule has 1 heterocycles. The van der Waals surface area contributed by atoms with Gasteiger partial charge < -0.3 is 20.1 Å². The second-order valence-electron chi connectivity index (χ2n) is 5.29. The van der Waals surface area contributed by atoms with Crippen molar-refractivity contribution in [3.63, 3.8) is 0 Å². The van der Waals surface area contributed by atoms with Gasteiger partial charge in [-0.25, -0.2) is 0 Å². The van der Waals surface area contributed by atoms with Crippen molar-refractivity contribution < 1.29 is 14.3 Å². The lowest BCUT2D eigenvalue weighted by atomic mass is 10.1. The monoisotopic (exact) mass is 264 g/mol. The van der Waals surface area contributed by atoms with Gasteiger partial charge in [-0.1, -0.05) is 0 Å². The van der Waals surface area contributed by atoms with Crippen LogP contribution >= 0.6 is 0 Å². The molecule has 1 aliphatic heterocycles. The average molecular weight is 264 g/mol. The molecule has 104 valence electrons. The molecular weight excluding hydrogens is 244 g/mol. The number of carbonyl (C=O) groups excluding carboxylic acids is 1. The Morgan fingerprint density at radius 1 is 1.47 bits per heavy atom. The summed E-state index contributed by atoms with van der Waals surface area (Å²) in [5, 5.41) is 0.